The predicted molar refractivity (Wildman–Crippen MR) is 150 cm³/mol. The molecular weight excluding hydrogens is 533 g/mol. The maximum atomic E-state index is 13.4. The van der Waals surface area contributed by atoms with Crippen LogP contribution >= 0.6 is 0 Å². The van der Waals surface area contributed by atoms with Gasteiger partial charge in [-0.15, -0.1) is 0 Å². The summed E-state index contributed by atoms with van der Waals surface area (Å²) in [6.45, 7) is 8.61. The van der Waals surface area contributed by atoms with Crippen molar-refractivity contribution in [2.75, 3.05) is 26.7 Å². The van der Waals surface area contributed by atoms with Crippen molar-refractivity contribution in [3.8, 4) is 11.8 Å². The van der Waals surface area contributed by atoms with Crippen molar-refractivity contribution in [3.63, 3.8) is 0 Å². The van der Waals surface area contributed by atoms with Gasteiger partial charge in [-0.25, -0.2) is 4.98 Å². The van der Waals surface area contributed by atoms with Crippen LogP contribution in [0.1, 0.15) is 66.1 Å². The Morgan fingerprint density at radius 2 is 1.88 bits per heavy atom. The first-order valence-electron chi connectivity index (χ1n) is 13.5. The molecule has 0 spiro atoms. The van der Waals surface area contributed by atoms with Gasteiger partial charge in [0.25, 0.3) is 11.8 Å². The van der Waals surface area contributed by atoms with Crippen LogP contribution in [0.15, 0.2) is 36.8 Å². The van der Waals surface area contributed by atoms with Gasteiger partial charge >= 0.3 is 6.18 Å². The van der Waals surface area contributed by atoms with E-state index in [4.69, 9.17) is 0 Å². The number of hydrogen-bond acceptors (Lipinski definition) is 5. The second kappa shape index (κ2) is 11.9. The fraction of sp³-hybridized carbons (Fsp3) is 0.467. The molecule has 1 aliphatic rings. The Hall–Kier alpha value is -3.91. The number of rotatable bonds is 5. The average Bonchev–Trinajstić information content (AvgIpc) is 3.28. The lowest BCUT2D eigenvalue weighted by atomic mass is 9.88. The van der Waals surface area contributed by atoms with Crippen molar-refractivity contribution < 1.29 is 22.8 Å². The Labute approximate surface area is 237 Å². The Bertz CT molecular complexity index is 1480. The largest absolute Gasteiger partial charge is 0.406 e. The van der Waals surface area contributed by atoms with Gasteiger partial charge in [-0.05, 0) is 55.1 Å². The van der Waals surface area contributed by atoms with Gasteiger partial charge in [0.15, 0.2) is 0 Å². The molecule has 2 atom stereocenters. The lowest BCUT2D eigenvalue weighted by Crippen LogP contribution is -2.48. The number of halogens is 3. The summed E-state index contributed by atoms with van der Waals surface area (Å²) in [5.74, 6) is 5.10. The molecule has 2 N–H and O–H groups in total. The molecule has 0 bridgehead atoms. The standard InChI is InChI=1S/C30H35F3N6O2/c1-19-16-38(5)12-10-23(19)37-27(40)22-13-20(14-25-26(22)36-18-39(25)17-30(31,32)33)7-6-11-34-28(41)24-9-8-21(15-35-24)29(2,3)4/h8-9,13-15,18-19,23H,10-12,16-17H2,1-5H3,(H,34,41)(H,37,40)/t19-,23-/m0/s1. The molecule has 1 saturated heterocycles. The third kappa shape index (κ3) is 7.64. The highest BCUT2D eigenvalue weighted by molar-refractivity contribution is 6.05. The zero-order chi connectivity index (χ0) is 29.9. The topological polar surface area (TPSA) is 92.2 Å². The van der Waals surface area contributed by atoms with Gasteiger partial charge in [-0.2, -0.15) is 13.2 Å². The predicted octanol–water partition coefficient (Wildman–Crippen LogP) is 4.14. The molecule has 2 amide bonds. The third-order valence-electron chi connectivity index (χ3n) is 7.18. The highest BCUT2D eigenvalue weighted by atomic mass is 19.4. The molecular formula is C30H35F3N6O2. The molecule has 218 valence electrons. The first-order chi connectivity index (χ1) is 19.2. The zero-order valence-electron chi connectivity index (χ0n) is 23.9. The highest BCUT2D eigenvalue weighted by Gasteiger charge is 2.30. The van der Waals surface area contributed by atoms with E-state index in [0.29, 0.717) is 5.56 Å². The van der Waals surface area contributed by atoms with E-state index in [1.54, 1.807) is 12.3 Å². The van der Waals surface area contributed by atoms with E-state index in [-0.39, 0.29) is 46.2 Å². The van der Waals surface area contributed by atoms with Crippen molar-refractivity contribution in [1.29, 1.82) is 0 Å². The van der Waals surface area contributed by atoms with E-state index < -0.39 is 24.5 Å². The minimum Gasteiger partial charge on any atom is -0.349 e. The first kappa shape index (κ1) is 30.1. The van der Waals surface area contributed by atoms with E-state index in [2.05, 4.69) is 65.0 Å². The smallest absolute Gasteiger partial charge is 0.349 e. The van der Waals surface area contributed by atoms with Gasteiger partial charge in [-0.3, -0.25) is 14.6 Å². The number of carbonyl (C=O) groups excluding carboxylic acids is 2. The summed E-state index contributed by atoms with van der Waals surface area (Å²) in [6.07, 6.45) is -0.950. The number of hydrogen-bond donors (Lipinski definition) is 2. The Balaban J connectivity index is 1.55. The molecule has 3 heterocycles. The van der Waals surface area contributed by atoms with Gasteiger partial charge in [0.1, 0.15) is 17.8 Å². The minimum atomic E-state index is -4.47. The molecule has 0 radical (unpaired) electrons. The summed E-state index contributed by atoms with van der Waals surface area (Å²) in [6, 6.07) is 6.44. The van der Waals surface area contributed by atoms with E-state index in [1.807, 2.05) is 13.1 Å². The van der Waals surface area contributed by atoms with Crippen LogP contribution in [-0.2, 0) is 12.0 Å². The maximum absolute atomic E-state index is 13.4. The molecule has 1 aromatic carbocycles. The van der Waals surface area contributed by atoms with Crippen molar-refractivity contribution in [2.24, 2.45) is 5.92 Å². The SMILES string of the molecule is C[C@H]1CN(C)CC[C@@H]1NC(=O)c1cc(C#CCNC(=O)c2ccc(C(C)(C)C)cn2)cc2c1ncn2CC(F)(F)F. The lowest BCUT2D eigenvalue weighted by Gasteiger charge is -2.35. The Morgan fingerprint density at radius 1 is 1.12 bits per heavy atom. The van der Waals surface area contributed by atoms with Crippen molar-refractivity contribution >= 4 is 22.8 Å². The number of nitrogens with one attached hydrogen (secondary N) is 2. The third-order valence-corrected chi connectivity index (χ3v) is 7.18. The Morgan fingerprint density at radius 3 is 2.51 bits per heavy atom. The van der Waals surface area contributed by atoms with Crippen LogP contribution in [0.4, 0.5) is 13.2 Å². The quantitative estimate of drug-likeness (QED) is 0.452. The number of carbonyl (C=O) groups is 2. The van der Waals surface area contributed by atoms with Crippen LogP contribution in [0.2, 0.25) is 0 Å². The normalized spacial score (nSPS) is 18.0. The molecule has 0 saturated carbocycles. The number of imidazole rings is 1. The molecule has 4 rings (SSSR count). The molecule has 0 unspecified atom stereocenters. The van der Waals surface area contributed by atoms with Gasteiger partial charge < -0.3 is 20.1 Å². The van der Waals surface area contributed by atoms with Crippen LogP contribution < -0.4 is 10.6 Å². The monoisotopic (exact) mass is 568 g/mol. The van der Waals surface area contributed by atoms with Crippen molar-refractivity contribution in [1.82, 2.24) is 30.1 Å². The lowest BCUT2D eigenvalue weighted by molar-refractivity contribution is -0.139. The maximum Gasteiger partial charge on any atom is 0.406 e. The Kier molecular flexibility index (Phi) is 8.73. The number of nitrogens with zero attached hydrogens (tertiary/aromatic N) is 4. The van der Waals surface area contributed by atoms with Crippen molar-refractivity contribution in [2.45, 2.75) is 58.3 Å². The second-order valence-electron chi connectivity index (χ2n) is 11.7. The van der Waals surface area contributed by atoms with Gasteiger partial charge in [0.2, 0.25) is 0 Å². The molecule has 8 nitrogen and oxygen atoms in total. The summed E-state index contributed by atoms with van der Waals surface area (Å²) in [4.78, 5) is 36.4. The van der Waals surface area contributed by atoms with E-state index in [9.17, 15) is 22.8 Å². The first-order valence-corrected chi connectivity index (χ1v) is 13.5. The van der Waals surface area contributed by atoms with Crippen molar-refractivity contribution in [3.05, 3.63) is 59.2 Å². The highest BCUT2D eigenvalue weighted by Crippen LogP contribution is 2.26. The van der Waals surface area contributed by atoms with Gasteiger partial charge in [0.05, 0.1) is 24.0 Å². The summed E-state index contributed by atoms with van der Waals surface area (Å²) >= 11 is 0. The molecule has 1 aliphatic heterocycles. The van der Waals surface area contributed by atoms with Gasteiger partial charge in [0, 0.05) is 24.3 Å². The van der Waals surface area contributed by atoms with Gasteiger partial charge in [-0.1, -0.05) is 45.6 Å². The zero-order valence-corrected chi connectivity index (χ0v) is 23.9. The molecule has 41 heavy (non-hydrogen) atoms. The number of piperidine rings is 1. The molecule has 3 aromatic rings. The molecule has 11 heteroatoms. The second-order valence-corrected chi connectivity index (χ2v) is 11.7. The van der Waals surface area contributed by atoms with Crippen LogP contribution in [-0.4, -0.2) is 70.1 Å². The fourth-order valence-corrected chi connectivity index (χ4v) is 4.88. The van der Waals surface area contributed by atoms with Crippen LogP contribution in [0.3, 0.4) is 0 Å². The number of fused-ring (bicyclic) bond motifs is 1. The van der Waals surface area contributed by atoms with Crippen LogP contribution in [0.25, 0.3) is 11.0 Å². The summed E-state index contributed by atoms with van der Waals surface area (Å²) in [7, 11) is 2.02. The van der Waals surface area contributed by atoms with E-state index in [0.717, 1.165) is 36.0 Å². The number of pyridine rings is 1. The number of amides is 2. The molecule has 0 aliphatic carbocycles. The summed E-state index contributed by atoms with van der Waals surface area (Å²) in [5.41, 5.74) is 1.99. The summed E-state index contributed by atoms with van der Waals surface area (Å²) < 4.78 is 40.7. The molecule has 2 aromatic heterocycles. The fourth-order valence-electron chi connectivity index (χ4n) is 4.88. The number of likely N-dealkylation sites (tertiary alicyclic amines) is 1. The number of aromatic nitrogens is 3. The molecule has 1 fully saturated rings. The minimum absolute atomic E-state index is 0.0178. The van der Waals surface area contributed by atoms with E-state index >= 15 is 0 Å². The number of alkyl halides is 3. The van der Waals surface area contributed by atoms with E-state index in [1.165, 1.54) is 12.1 Å². The average molecular weight is 569 g/mol. The van der Waals surface area contributed by atoms with Crippen LogP contribution in [0, 0.1) is 17.8 Å². The van der Waals surface area contributed by atoms with Crippen LogP contribution in [0.5, 0.6) is 0 Å². The summed E-state index contributed by atoms with van der Waals surface area (Å²) in [5, 5.41) is 5.72. The number of benzene rings is 1.